The number of halogens is 3. The van der Waals surface area contributed by atoms with E-state index in [2.05, 4.69) is 15.6 Å². The maximum atomic E-state index is 12.6. The molecule has 130 valence electrons. The fourth-order valence-electron chi connectivity index (χ4n) is 1.69. The SMILES string of the molecule is CCNC(=NCCOC)NCCOc1cccc(C(F)(F)F)c1. The Morgan fingerprint density at radius 1 is 1.22 bits per heavy atom. The summed E-state index contributed by atoms with van der Waals surface area (Å²) in [5.74, 6) is 0.792. The number of alkyl halides is 3. The predicted octanol–water partition coefficient (Wildman–Crippen LogP) is 2.29. The zero-order valence-electron chi connectivity index (χ0n) is 13.2. The minimum Gasteiger partial charge on any atom is -0.492 e. The quantitative estimate of drug-likeness (QED) is 0.435. The van der Waals surface area contributed by atoms with Crippen LogP contribution in [0.4, 0.5) is 13.2 Å². The Bertz CT molecular complexity index is 493. The maximum Gasteiger partial charge on any atom is 0.416 e. The highest BCUT2D eigenvalue weighted by Crippen LogP contribution is 2.31. The van der Waals surface area contributed by atoms with Crippen LogP contribution in [0.25, 0.3) is 0 Å². The third-order valence-electron chi connectivity index (χ3n) is 2.73. The average Bonchev–Trinajstić information content (AvgIpc) is 2.51. The zero-order valence-corrected chi connectivity index (χ0v) is 13.2. The molecule has 8 heteroatoms. The second kappa shape index (κ2) is 9.94. The summed E-state index contributed by atoms with van der Waals surface area (Å²) in [5.41, 5.74) is -0.725. The summed E-state index contributed by atoms with van der Waals surface area (Å²) in [4.78, 5) is 4.26. The number of methoxy groups -OCH3 is 1. The minimum atomic E-state index is -4.37. The summed E-state index contributed by atoms with van der Waals surface area (Å²) >= 11 is 0. The summed E-state index contributed by atoms with van der Waals surface area (Å²) in [6.07, 6.45) is -4.37. The highest BCUT2D eigenvalue weighted by atomic mass is 19.4. The first-order chi connectivity index (χ1) is 11.0. The van der Waals surface area contributed by atoms with E-state index in [9.17, 15) is 13.2 Å². The van der Waals surface area contributed by atoms with Crippen LogP contribution in [-0.2, 0) is 10.9 Å². The number of benzene rings is 1. The standard InChI is InChI=1S/C15H22F3N3O2/c1-3-19-14(20-7-9-22-2)21-8-10-23-13-6-4-5-12(11-13)15(16,17)18/h4-6,11H,3,7-10H2,1-2H3,(H2,19,20,21). The van der Waals surface area contributed by atoms with Crippen LogP contribution in [0.1, 0.15) is 12.5 Å². The molecule has 0 spiro atoms. The summed E-state index contributed by atoms with van der Waals surface area (Å²) in [6, 6.07) is 4.81. The highest BCUT2D eigenvalue weighted by Gasteiger charge is 2.30. The first-order valence-corrected chi connectivity index (χ1v) is 7.28. The van der Waals surface area contributed by atoms with Crippen LogP contribution in [-0.4, -0.2) is 45.9 Å². The summed E-state index contributed by atoms with van der Waals surface area (Å²) in [6.45, 7) is 4.29. The number of nitrogens with one attached hydrogen (secondary N) is 2. The van der Waals surface area contributed by atoms with E-state index in [1.165, 1.54) is 12.1 Å². The topological polar surface area (TPSA) is 54.9 Å². The molecule has 0 aliphatic heterocycles. The van der Waals surface area contributed by atoms with Gasteiger partial charge in [-0.3, -0.25) is 4.99 Å². The fraction of sp³-hybridized carbons (Fsp3) is 0.533. The van der Waals surface area contributed by atoms with Gasteiger partial charge in [-0.1, -0.05) is 6.07 Å². The van der Waals surface area contributed by atoms with Crippen molar-refractivity contribution in [1.29, 1.82) is 0 Å². The Balaban J connectivity index is 2.42. The van der Waals surface area contributed by atoms with Gasteiger partial charge in [0.25, 0.3) is 0 Å². The molecule has 0 aliphatic rings. The van der Waals surface area contributed by atoms with Gasteiger partial charge in [0, 0.05) is 13.7 Å². The van der Waals surface area contributed by atoms with Gasteiger partial charge in [-0.25, -0.2) is 0 Å². The third kappa shape index (κ3) is 7.73. The molecule has 0 heterocycles. The van der Waals surface area contributed by atoms with Gasteiger partial charge in [-0.05, 0) is 25.1 Å². The summed E-state index contributed by atoms with van der Waals surface area (Å²) in [5, 5.41) is 6.08. The van der Waals surface area contributed by atoms with Crippen molar-refractivity contribution in [3.05, 3.63) is 29.8 Å². The Morgan fingerprint density at radius 3 is 2.65 bits per heavy atom. The van der Waals surface area contributed by atoms with Gasteiger partial charge < -0.3 is 20.1 Å². The van der Waals surface area contributed by atoms with Crippen LogP contribution in [0.5, 0.6) is 5.75 Å². The summed E-state index contributed by atoms with van der Waals surface area (Å²) < 4.78 is 48.0. The normalized spacial score (nSPS) is 12.1. The molecule has 0 radical (unpaired) electrons. The van der Waals surface area contributed by atoms with Gasteiger partial charge in [0.1, 0.15) is 12.4 Å². The van der Waals surface area contributed by atoms with E-state index >= 15 is 0 Å². The van der Waals surface area contributed by atoms with Crippen LogP contribution in [0.15, 0.2) is 29.3 Å². The van der Waals surface area contributed by atoms with Gasteiger partial charge in [0.2, 0.25) is 0 Å². The smallest absolute Gasteiger partial charge is 0.416 e. The molecule has 0 bridgehead atoms. The van der Waals surface area contributed by atoms with Gasteiger partial charge in [0.05, 0.1) is 25.3 Å². The van der Waals surface area contributed by atoms with Gasteiger partial charge >= 0.3 is 6.18 Å². The van der Waals surface area contributed by atoms with Crippen LogP contribution in [0.3, 0.4) is 0 Å². The van der Waals surface area contributed by atoms with Crippen LogP contribution < -0.4 is 15.4 Å². The molecule has 1 aromatic carbocycles. The second-order valence-corrected chi connectivity index (χ2v) is 4.55. The Labute approximate surface area is 133 Å². The number of hydrogen-bond donors (Lipinski definition) is 2. The lowest BCUT2D eigenvalue weighted by Gasteiger charge is -2.13. The van der Waals surface area contributed by atoms with Crippen molar-refractivity contribution < 1.29 is 22.6 Å². The lowest BCUT2D eigenvalue weighted by Crippen LogP contribution is -2.39. The third-order valence-corrected chi connectivity index (χ3v) is 2.73. The Kier molecular flexibility index (Phi) is 8.25. The van der Waals surface area contributed by atoms with Gasteiger partial charge in [-0.2, -0.15) is 13.2 Å². The molecule has 0 amide bonds. The van der Waals surface area contributed by atoms with Crippen molar-refractivity contribution in [3.8, 4) is 5.75 Å². The van der Waals surface area contributed by atoms with Crippen molar-refractivity contribution in [2.45, 2.75) is 13.1 Å². The maximum absolute atomic E-state index is 12.6. The first kappa shape index (κ1) is 19.1. The number of guanidine groups is 1. The molecule has 23 heavy (non-hydrogen) atoms. The molecule has 2 N–H and O–H groups in total. The number of hydrogen-bond acceptors (Lipinski definition) is 3. The molecule has 0 aliphatic carbocycles. The number of aliphatic imine (C=N–C) groups is 1. The molecule has 0 unspecified atom stereocenters. The van der Waals surface area contributed by atoms with E-state index in [1.807, 2.05) is 6.92 Å². The number of ether oxygens (including phenoxy) is 2. The predicted molar refractivity (Wildman–Crippen MR) is 82.8 cm³/mol. The molecule has 0 saturated heterocycles. The van der Waals surface area contributed by atoms with E-state index < -0.39 is 11.7 Å². The molecule has 1 aromatic rings. The highest BCUT2D eigenvalue weighted by molar-refractivity contribution is 5.79. The molecule has 5 nitrogen and oxygen atoms in total. The molecule has 0 fully saturated rings. The summed E-state index contributed by atoms with van der Waals surface area (Å²) in [7, 11) is 1.60. The van der Waals surface area contributed by atoms with Gasteiger partial charge in [0.15, 0.2) is 5.96 Å². The van der Waals surface area contributed by atoms with Crippen LogP contribution in [0, 0.1) is 0 Å². The van der Waals surface area contributed by atoms with Crippen molar-refractivity contribution >= 4 is 5.96 Å². The van der Waals surface area contributed by atoms with Crippen molar-refractivity contribution in [2.24, 2.45) is 4.99 Å². The number of nitrogens with zero attached hydrogens (tertiary/aromatic N) is 1. The largest absolute Gasteiger partial charge is 0.492 e. The van der Waals surface area contributed by atoms with E-state index in [0.717, 1.165) is 12.1 Å². The van der Waals surface area contributed by atoms with E-state index in [4.69, 9.17) is 9.47 Å². The minimum absolute atomic E-state index is 0.183. The van der Waals surface area contributed by atoms with E-state index in [1.54, 1.807) is 7.11 Å². The van der Waals surface area contributed by atoms with E-state index in [0.29, 0.717) is 32.2 Å². The fourth-order valence-corrected chi connectivity index (χ4v) is 1.69. The van der Waals surface area contributed by atoms with Crippen LogP contribution in [0.2, 0.25) is 0 Å². The lowest BCUT2D eigenvalue weighted by atomic mass is 10.2. The van der Waals surface area contributed by atoms with Crippen LogP contribution >= 0.6 is 0 Å². The van der Waals surface area contributed by atoms with E-state index in [-0.39, 0.29) is 12.4 Å². The Morgan fingerprint density at radius 2 is 2.00 bits per heavy atom. The average molecular weight is 333 g/mol. The first-order valence-electron chi connectivity index (χ1n) is 7.28. The molecule has 0 atom stereocenters. The molecule has 0 aromatic heterocycles. The lowest BCUT2D eigenvalue weighted by molar-refractivity contribution is -0.137. The Hall–Kier alpha value is -1.96. The van der Waals surface area contributed by atoms with Gasteiger partial charge in [-0.15, -0.1) is 0 Å². The van der Waals surface area contributed by atoms with Crippen molar-refractivity contribution in [3.63, 3.8) is 0 Å². The molecule has 0 saturated carbocycles. The van der Waals surface area contributed by atoms with Crippen molar-refractivity contribution in [2.75, 3.05) is 40.0 Å². The monoisotopic (exact) mass is 333 g/mol. The second-order valence-electron chi connectivity index (χ2n) is 4.55. The zero-order chi connectivity index (χ0) is 17.1. The number of rotatable bonds is 8. The molecule has 1 rings (SSSR count). The molecular formula is C15H22F3N3O2. The van der Waals surface area contributed by atoms with Crippen molar-refractivity contribution in [1.82, 2.24) is 10.6 Å². The molecular weight excluding hydrogens is 311 g/mol.